The molecule has 4 heteroatoms. The van der Waals surface area contributed by atoms with Gasteiger partial charge in [-0.3, -0.25) is 0 Å². The fourth-order valence-corrected chi connectivity index (χ4v) is 3.32. The second-order valence-electron chi connectivity index (χ2n) is 6.96. The number of hydrogen-bond donors (Lipinski definition) is 1. The van der Waals surface area contributed by atoms with E-state index < -0.39 is 0 Å². The van der Waals surface area contributed by atoms with Crippen LogP contribution in [0.5, 0.6) is 0 Å². The van der Waals surface area contributed by atoms with Gasteiger partial charge in [-0.05, 0) is 31.9 Å². The molecule has 1 aromatic rings. The summed E-state index contributed by atoms with van der Waals surface area (Å²) in [6.45, 7) is 9.89. The van der Waals surface area contributed by atoms with Gasteiger partial charge in [0.2, 0.25) is 0 Å². The number of carbonyl (C=O) groups excluding carboxylic acids is 1. The third-order valence-corrected chi connectivity index (χ3v) is 4.88. The largest absolute Gasteiger partial charge is 0.368 e. The van der Waals surface area contributed by atoms with Gasteiger partial charge in [0, 0.05) is 37.9 Å². The standard InChI is InChI=1S/C20H33N3O/c1-4-5-6-7-11-18(3)21-20(24)23-15-13-22(14-16-23)19-12-9-8-10-17(19)2/h8-10,12,18H,4-7,11,13-16H2,1-3H3,(H,21,24)/t18-/m0/s1. The Morgan fingerprint density at radius 1 is 1.12 bits per heavy atom. The number of hydrogen-bond acceptors (Lipinski definition) is 2. The van der Waals surface area contributed by atoms with Crippen LogP contribution in [-0.4, -0.2) is 43.2 Å². The Morgan fingerprint density at radius 2 is 1.83 bits per heavy atom. The number of piperazine rings is 1. The number of nitrogens with zero attached hydrogens (tertiary/aromatic N) is 2. The first-order valence-corrected chi connectivity index (χ1v) is 9.47. The molecule has 4 nitrogen and oxygen atoms in total. The molecule has 24 heavy (non-hydrogen) atoms. The van der Waals surface area contributed by atoms with Gasteiger partial charge in [0.15, 0.2) is 0 Å². The van der Waals surface area contributed by atoms with Crippen LogP contribution >= 0.6 is 0 Å². The fourth-order valence-electron chi connectivity index (χ4n) is 3.32. The molecule has 0 unspecified atom stereocenters. The number of unbranched alkanes of at least 4 members (excludes halogenated alkanes) is 3. The molecule has 0 saturated carbocycles. The molecule has 1 aliphatic heterocycles. The number of nitrogens with one attached hydrogen (secondary N) is 1. The molecular formula is C20H33N3O. The fraction of sp³-hybridized carbons (Fsp3) is 0.650. The van der Waals surface area contributed by atoms with E-state index in [0.717, 1.165) is 32.6 Å². The first-order chi connectivity index (χ1) is 11.6. The summed E-state index contributed by atoms with van der Waals surface area (Å²) in [5.41, 5.74) is 2.60. The number of benzene rings is 1. The number of rotatable bonds is 7. The number of amides is 2. The maximum atomic E-state index is 12.4. The Bertz CT molecular complexity index is 509. The third-order valence-electron chi connectivity index (χ3n) is 4.88. The Hall–Kier alpha value is -1.71. The van der Waals surface area contributed by atoms with Crippen molar-refractivity contribution in [2.24, 2.45) is 0 Å². The zero-order valence-electron chi connectivity index (χ0n) is 15.6. The van der Waals surface area contributed by atoms with Crippen molar-refractivity contribution in [3.05, 3.63) is 29.8 Å². The van der Waals surface area contributed by atoms with Crippen LogP contribution in [0.2, 0.25) is 0 Å². The van der Waals surface area contributed by atoms with E-state index in [9.17, 15) is 4.79 Å². The summed E-state index contributed by atoms with van der Waals surface area (Å²) in [7, 11) is 0. The highest BCUT2D eigenvalue weighted by molar-refractivity contribution is 5.75. The van der Waals surface area contributed by atoms with Crippen LogP contribution in [-0.2, 0) is 0 Å². The quantitative estimate of drug-likeness (QED) is 0.761. The lowest BCUT2D eigenvalue weighted by Crippen LogP contribution is -2.53. The molecule has 0 spiro atoms. The average molecular weight is 332 g/mol. The highest BCUT2D eigenvalue weighted by Gasteiger charge is 2.22. The van der Waals surface area contributed by atoms with E-state index in [-0.39, 0.29) is 12.1 Å². The van der Waals surface area contributed by atoms with Gasteiger partial charge < -0.3 is 15.1 Å². The van der Waals surface area contributed by atoms with Crippen LogP contribution in [0.1, 0.15) is 51.5 Å². The van der Waals surface area contributed by atoms with Gasteiger partial charge in [0.1, 0.15) is 0 Å². The van der Waals surface area contributed by atoms with Crippen molar-refractivity contribution in [1.29, 1.82) is 0 Å². The van der Waals surface area contributed by atoms with Crippen molar-refractivity contribution in [2.45, 2.75) is 58.9 Å². The van der Waals surface area contributed by atoms with Crippen molar-refractivity contribution in [2.75, 3.05) is 31.1 Å². The molecule has 0 aromatic heterocycles. The van der Waals surface area contributed by atoms with E-state index in [1.807, 2.05) is 4.90 Å². The number of urea groups is 1. The molecule has 0 bridgehead atoms. The summed E-state index contributed by atoms with van der Waals surface area (Å²) >= 11 is 0. The van der Waals surface area contributed by atoms with Crippen molar-refractivity contribution >= 4 is 11.7 Å². The van der Waals surface area contributed by atoms with E-state index >= 15 is 0 Å². The number of para-hydroxylation sites is 1. The van der Waals surface area contributed by atoms with E-state index in [2.05, 4.69) is 55.3 Å². The van der Waals surface area contributed by atoms with E-state index in [0.29, 0.717) is 0 Å². The maximum Gasteiger partial charge on any atom is 0.317 e. The Morgan fingerprint density at radius 3 is 2.50 bits per heavy atom. The molecule has 1 aliphatic rings. The third kappa shape index (κ3) is 5.43. The summed E-state index contributed by atoms with van der Waals surface area (Å²) in [5.74, 6) is 0. The SMILES string of the molecule is CCCCCC[C@H](C)NC(=O)N1CCN(c2ccccc2C)CC1. The van der Waals surface area contributed by atoms with Crippen molar-refractivity contribution in [1.82, 2.24) is 10.2 Å². The molecule has 0 radical (unpaired) electrons. The monoisotopic (exact) mass is 331 g/mol. The zero-order chi connectivity index (χ0) is 17.4. The average Bonchev–Trinajstić information content (AvgIpc) is 2.59. The van der Waals surface area contributed by atoms with Crippen molar-refractivity contribution in [3.8, 4) is 0 Å². The minimum absolute atomic E-state index is 0.0995. The zero-order valence-corrected chi connectivity index (χ0v) is 15.6. The van der Waals surface area contributed by atoms with Gasteiger partial charge >= 0.3 is 6.03 Å². The van der Waals surface area contributed by atoms with E-state index in [4.69, 9.17) is 0 Å². The normalized spacial score (nSPS) is 16.1. The van der Waals surface area contributed by atoms with Gasteiger partial charge in [0.25, 0.3) is 0 Å². The predicted molar refractivity (Wildman–Crippen MR) is 102 cm³/mol. The molecule has 1 fully saturated rings. The second-order valence-corrected chi connectivity index (χ2v) is 6.96. The molecule has 2 rings (SSSR count). The van der Waals surface area contributed by atoms with Crippen LogP contribution in [0.25, 0.3) is 0 Å². The smallest absolute Gasteiger partial charge is 0.317 e. The summed E-state index contributed by atoms with van der Waals surface area (Å²) in [6.07, 6.45) is 6.10. The first kappa shape index (κ1) is 18.6. The van der Waals surface area contributed by atoms with Crippen molar-refractivity contribution < 1.29 is 4.79 Å². The maximum absolute atomic E-state index is 12.4. The van der Waals surface area contributed by atoms with Gasteiger partial charge in [-0.15, -0.1) is 0 Å². The Kier molecular flexibility index (Phi) is 7.41. The number of anilines is 1. The highest BCUT2D eigenvalue weighted by atomic mass is 16.2. The number of carbonyl (C=O) groups is 1. The van der Waals surface area contributed by atoms with Gasteiger partial charge in [-0.25, -0.2) is 4.79 Å². The molecule has 134 valence electrons. The molecular weight excluding hydrogens is 298 g/mol. The van der Waals surface area contributed by atoms with E-state index in [1.165, 1.54) is 36.9 Å². The second kappa shape index (κ2) is 9.55. The van der Waals surface area contributed by atoms with Crippen LogP contribution in [0.3, 0.4) is 0 Å². The first-order valence-electron chi connectivity index (χ1n) is 9.47. The molecule has 1 aromatic carbocycles. The lowest BCUT2D eigenvalue weighted by molar-refractivity contribution is 0.190. The highest BCUT2D eigenvalue weighted by Crippen LogP contribution is 2.20. The lowest BCUT2D eigenvalue weighted by atomic mass is 10.1. The van der Waals surface area contributed by atoms with Gasteiger partial charge in [-0.1, -0.05) is 50.8 Å². The van der Waals surface area contributed by atoms with Crippen LogP contribution in [0.4, 0.5) is 10.5 Å². The summed E-state index contributed by atoms with van der Waals surface area (Å²) in [4.78, 5) is 16.7. The summed E-state index contributed by atoms with van der Waals surface area (Å²) in [5, 5.41) is 3.16. The van der Waals surface area contributed by atoms with Crippen LogP contribution < -0.4 is 10.2 Å². The molecule has 2 amide bonds. The van der Waals surface area contributed by atoms with Gasteiger partial charge in [-0.2, -0.15) is 0 Å². The molecule has 1 heterocycles. The van der Waals surface area contributed by atoms with Crippen LogP contribution in [0, 0.1) is 6.92 Å². The molecule has 1 saturated heterocycles. The molecule has 1 N–H and O–H groups in total. The van der Waals surface area contributed by atoms with Crippen LogP contribution in [0.15, 0.2) is 24.3 Å². The van der Waals surface area contributed by atoms with E-state index in [1.54, 1.807) is 0 Å². The minimum Gasteiger partial charge on any atom is -0.368 e. The Labute approximate surface area is 147 Å². The van der Waals surface area contributed by atoms with Gasteiger partial charge in [0.05, 0.1) is 0 Å². The summed E-state index contributed by atoms with van der Waals surface area (Å²) in [6, 6.07) is 8.84. The topological polar surface area (TPSA) is 35.6 Å². The molecule has 0 aliphatic carbocycles. The lowest BCUT2D eigenvalue weighted by Gasteiger charge is -2.37. The Balaban J connectivity index is 1.73. The summed E-state index contributed by atoms with van der Waals surface area (Å²) < 4.78 is 0. The minimum atomic E-state index is 0.0995. The molecule has 1 atom stereocenters. The van der Waals surface area contributed by atoms with Crippen molar-refractivity contribution in [3.63, 3.8) is 0 Å². The number of aryl methyl sites for hydroxylation is 1. The predicted octanol–water partition coefficient (Wildman–Crippen LogP) is 4.19.